The number of alkyl halides is 3. The Hall–Kier alpha value is -2.45. The van der Waals surface area contributed by atoms with Crippen molar-refractivity contribution in [1.82, 2.24) is 5.32 Å². The van der Waals surface area contributed by atoms with Crippen molar-refractivity contribution in [1.29, 1.82) is 0 Å². The first-order chi connectivity index (χ1) is 9.77. The molecule has 0 unspecified atom stereocenters. The zero-order valence-corrected chi connectivity index (χ0v) is 11.2. The normalized spacial score (nSPS) is 10.7. The number of ether oxygens (including phenoxy) is 2. The van der Waals surface area contributed by atoms with Gasteiger partial charge in [0.1, 0.15) is 11.5 Å². The van der Waals surface area contributed by atoms with Crippen molar-refractivity contribution >= 4 is 17.5 Å². The number of amides is 2. The van der Waals surface area contributed by atoms with Crippen LogP contribution in [0.5, 0.6) is 11.5 Å². The number of nitrogens with one attached hydrogen (secondary N) is 2. The number of halogens is 3. The van der Waals surface area contributed by atoms with Gasteiger partial charge in [-0.2, -0.15) is 13.2 Å². The lowest BCUT2D eigenvalue weighted by Crippen LogP contribution is -2.41. The third kappa shape index (κ3) is 4.86. The Morgan fingerprint density at radius 2 is 1.86 bits per heavy atom. The summed E-state index contributed by atoms with van der Waals surface area (Å²) in [6.45, 7) is -0.812. The number of methoxy groups -OCH3 is 2. The highest BCUT2D eigenvalue weighted by Gasteiger charge is 2.38. The summed E-state index contributed by atoms with van der Waals surface area (Å²) < 4.78 is 45.8. The Morgan fingerprint density at radius 1 is 1.19 bits per heavy atom. The molecule has 6 nitrogen and oxygen atoms in total. The molecule has 116 valence electrons. The molecule has 0 aliphatic rings. The predicted octanol–water partition coefficient (Wildman–Crippen LogP) is 1.32. The molecule has 1 aromatic carbocycles. The topological polar surface area (TPSA) is 76.7 Å². The molecule has 0 aliphatic heterocycles. The lowest BCUT2D eigenvalue weighted by molar-refractivity contribution is -0.173. The summed E-state index contributed by atoms with van der Waals surface area (Å²) in [5, 5.41) is 3.78. The standard InChI is InChI=1S/C12H13F3N2O4/c1-20-7-3-4-8(9(5-7)21-2)17-10(18)6-16-11(19)12(13,14)15/h3-5H,6H2,1-2H3,(H,16,19)(H,17,18). The first-order valence-corrected chi connectivity index (χ1v) is 5.65. The average molecular weight is 306 g/mol. The summed E-state index contributed by atoms with van der Waals surface area (Å²) in [6.07, 6.45) is -5.03. The smallest absolute Gasteiger partial charge is 0.471 e. The molecule has 21 heavy (non-hydrogen) atoms. The largest absolute Gasteiger partial charge is 0.497 e. The molecule has 1 aromatic rings. The SMILES string of the molecule is COc1ccc(NC(=O)CNC(=O)C(F)(F)F)c(OC)c1. The van der Waals surface area contributed by atoms with Crippen LogP contribution in [0.3, 0.4) is 0 Å². The Morgan fingerprint density at radius 3 is 2.38 bits per heavy atom. The predicted molar refractivity (Wildman–Crippen MR) is 67.2 cm³/mol. The highest BCUT2D eigenvalue weighted by Crippen LogP contribution is 2.28. The summed E-state index contributed by atoms with van der Waals surface area (Å²) in [4.78, 5) is 22.1. The molecule has 2 amide bonds. The second-order valence-corrected chi connectivity index (χ2v) is 3.79. The second kappa shape index (κ2) is 6.82. The highest BCUT2D eigenvalue weighted by atomic mass is 19.4. The van der Waals surface area contributed by atoms with Crippen molar-refractivity contribution in [2.75, 3.05) is 26.1 Å². The maximum absolute atomic E-state index is 12.0. The minimum Gasteiger partial charge on any atom is -0.497 e. The van der Waals surface area contributed by atoms with Crippen molar-refractivity contribution in [3.8, 4) is 11.5 Å². The first kappa shape index (κ1) is 16.6. The van der Waals surface area contributed by atoms with E-state index in [-0.39, 0.29) is 11.4 Å². The number of benzene rings is 1. The lowest BCUT2D eigenvalue weighted by Gasteiger charge is -2.12. The third-order valence-electron chi connectivity index (χ3n) is 2.35. The second-order valence-electron chi connectivity index (χ2n) is 3.79. The summed E-state index contributed by atoms with van der Waals surface area (Å²) in [7, 11) is 2.80. The van der Waals surface area contributed by atoms with Gasteiger partial charge in [-0.1, -0.05) is 0 Å². The van der Waals surface area contributed by atoms with Crippen molar-refractivity contribution in [3.63, 3.8) is 0 Å². The molecule has 2 N–H and O–H groups in total. The molecule has 9 heteroatoms. The van der Waals surface area contributed by atoms with Crippen molar-refractivity contribution in [3.05, 3.63) is 18.2 Å². The fraction of sp³-hybridized carbons (Fsp3) is 0.333. The number of hydrogen-bond acceptors (Lipinski definition) is 4. The molecular weight excluding hydrogens is 293 g/mol. The summed E-state index contributed by atoms with van der Waals surface area (Å²) in [5.74, 6) is -2.25. The van der Waals surface area contributed by atoms with Crippen LogP contribution < -0.4 is 20.1 Å². The van der Waals surface area contributed by atoms with Gasteiger partial charge in [0.2, 0.25) is 5.91 Å². The fourth-order valence-electron chi connectivity index (χ4n) is 1.36. The van der Waals surface area contributed by atoms with E-state index in [9.17, 15) is 22.8 Å². The van der Waals surface area contributed by atoms with Gasteiger partial charge in [-0.15, -0.1) is 0 Å². The van der Waals surface area contributed by atoms with Crippen LogP contribution in [-0.4, -0.2) is 38.8 Å². The van der Waals surface area contributed by atoms with Gasteiger partial charge in [0.15, 0.2) is 0 Å². The molecular formula is C12H13F3N2O4. The van der Waals surface area contributed by atoms with E-state index in [1.54, 1.807) is 0 Å². The van der Waals surface area contributed by atoms with Gasteiger partial charge in [0.05, 0.1) is 26.5 Å². The molecule has 0 spiro atoms. The van der Waals surface area contributed by atoms with Crippen LogP contribution in [0, 0.1) is 0 Å². The minimum atomic E-state index is -5.03. The molecule has 0 aliphatic carbocycles. The number of rotatable bonds is 5. The monoisotopic (exact) mass is 306 g/mol. The fourth-order valence-corrected chi connectivity index (χ4v) is 1.36. The van der Waals surface area contributed by atoms with Gasteiger partial charge in [-0.05, 0) is 12.1 Å². The molecule has 0 fully saturated rings. The Kier molecular flexibility index (Phi) is 5.39. The number of carbonyl (C=O) groups is 2. The highest BCUT2D eigenvalue weighted by molar-refractivity contribution is 5.96. The van der Waals surface area contributed by atoms with Crippen LogP contribution >= 0.6 is 0 Å². The zero-order valence-electron chi connectivity index (χ0n) is 11.2. The quantitative estimate of drug-likeness (QED) is 0.860. The van der Waals surface area contributed by atoms with Gasteiger partial charge in [-0.3, -0.25) is 9.59 Å². The van der Waals surface area contributed by atoms with E-state index in [2.05, 4.69) is 5.32 Å². The lowest BCUT2D eigenvalue weighted by atomic mass is 10.2. The maximum atomic E-state index is 12.0. The molecule has 1 rings (SSSR count). The van der Waals surface area contributed by atoms with Crippen molar-refractivity contribution in [2.24, 2.45) is 0 Å². The Labute approximate surface area is 118 Å². The molecule has 0 saturated heterocycles. The number of hydrogen-bond donors (Lipinski definition) is 2. The van der Waals surface area contributed by atoms with Gasteiger partial charge in [0, 0.05) is 6.07 Å². The summed E-state index contributed by atoms with van der Waals surface area (Å²) >= 11 is 0. The average Bonchev–Trinajstić information content (AvgIpc) is 2.44. The zero-order chi connectivity index (χ0) is 16.0. The van der Waals surface area contributed by atoms with Gasteiger partial charge >= 0.3 is 12.1 Å². The third-order valence-corrected chi connectivity index (χ3v) is 2.35. The van der Waals surface area contributed by atoms with E-state index in [1.807, 2.05) is 0 Å². The molecule has 0 radical (unpaired) electrons. The van der Waals surface area contributed by atoms with E-state index in [0.29, 0.717) is 5.75 Å². The molecule has 0 heterocycles. The van der Waals surface area contributed by atoms with Crippen LogP contribution in [0.4, 0.5) is 18.9 Å². The van der Waals surface area contributed by atoms with Crippen LogP contribution in [-0.2, 0) is 9.59 Å². The maximum Gasteiger partial charge on any atom is 0.471 e. The van der Waals surface area contributed by atoms with Gasteiger partial charge in [0.25, 0.3) is 0 Å². The van der Waals surface area contributed by atoms with E-state index < -0.39 is 24.5 Å². The van der Waals surface area contributed by atoms with Crippen LogP contribution in [0.1, 0.15) is 0 Å². The van der Waals surface area contributed by atoms with E-state index in [0.717, 1.165) is 0 Å². The van der Waals surface area contributed by atoms with Gasteiger partial charge in [-0.25, -0.2) is 0 Å². The van der Waals surface area contributed by atoms with Crippen LogP contribution in [0.15, 0.2) is 18.2 Å². The Bertz CT molecular complexity index is 532. The van der Waals surface area contributed by atoms with Crippen molar-refractivity contribution in [2.45, 2.75) is 6.18 Å². The van der Waals surface area contributed by atoms with Crippen LogP contribution in [0.2, 0.25) is 0 Å². The summed E-state index contributed by atoms with van der Waals surface area (Å²) in [6, 6.07) is 4.48. The Balaban J connectivity index is 2.65. The molecule has 0 atom stereocenters. The van der Waals surface area contributed by atoms with E-state index in [4.69, 9.17) is 9.47 Å². The number of carbonyl (C=O) groups excluding carboxylic acids is 2. The van der Waals surface area contributed by atoms with E-state index >= 15 is 0 Å². The minimum absolute atomic E-state index is 0.240. The molecule has 0 bridgehead atoms. The summed E-state index contributed by atoms with van der Waals surface area (Å²) in [5.41, 5.74) is 0.240. The molecule has 0 saturated carbocycles. The number of anilines is 1. The van der Waals surface area contributed by atoms with Gasteiger partial charge < -0.3 is 20.1 Å². The first-order valence-electron chi connectivity index (χ1n) is 5.65. The van der Waals surface area contributed by atoms with Crippen LogP contribution in [0.25, 0.3) is 0 Å². The molecule has 0 aromatic heterocycles. The van der Waals surface area contributed by atoms with E-state index in [1.165, 1.54) is 37.7 Å². The van der Waals surface area contributed by atoms with Crippen molar-refractivity contribution < 1.29 is 32.2 Å².